The van der Waals surface area contributed by atoms with Crippen LogP contribution in [0.25, 0.3) is 10.2 Å². The monoisotopic (exact) mass is 277 g/mol. The van der Waals surface area contributed by atoms with Crippen LogP contribution in [0.5, 0.6) is 0 Å². The number of aromatic nitrogens is 1. The number of hydrogen-bond donors (Lipinski definition) is 2. The van der Waals surface area contributed by atoms with Gasteiger partial charge >= 0.3 is 0 Å². The van der Waals surface area contributed by atoms with Gasteiger partial charge in [0, 0.05) is 0 Å². The van der Waals surface area contributed by atoms with Crippen LogP contribution in [-0.2, 0) is 4.79 Å². The second-order valence-corrected chi connectivity index (χ2v) is 6.14. The third kappa shape index (κ3) is 3.11. The molecule has 1 aromatic heterocycles. The van der Waals surface area contributed by atoms with Gasteiger partial charge in [0.15, 0.2) is 5.13 Å². The minimum Gasteiger partial charge on any atom is -0.318 e. The Bertz CT molecular complexity index is 604. The molecule has 1 heterocycles. The van der Waals surface area contributed by atoms with E-state index in [0.717, 1.165) is 16.6 Å². The molecule has 0 spiro atoms. The molecular formula is C14H19N3OS. The van der Waals surface area contributed by atoms with Gasteiger partial charge in [-0.1, -0.05) is 30.7 Å². The summed E-state index contributed by atoms with van der Waals surface area (Å²) in [4.78, 5) is 16.5. The number of rotatable bonds is 4. The van der Waals surface area contributed by atoms with Gasteiger partial charge in [-0.3, -0.25) is 4.79 Å². The Kier molecular flexibility index (Phi) is 3.87. The fourth-order valence-corrected chi connectivity index (χ4v) is 2.92. The topological polar surface area (TPSA) is 68.0 Å². The first kappa shape index (κ1) is 14.0. The minimum absolute atomic E-state index is 0.176. The normalized spacial score (nSPS) is 14.3. The lowest BCUT2D eigenvalue weighted by Crippen LogP contribution is -2.48. The molecule has 0 radical (unpaired) electrons. The predicted octanol–water partition coefficient (Wildman–Crippen LogP) is 3.06. The molecule has 19 heavy (non-hydrogen) atoms. The van der Waals surface area contributed by atoms with E-state index in [1.54, 1.807) is 6.92 Å². The lowest BCUT2D eigenvalue weighted by atomic mass is 9.97. The average Bonchev–Trinajstić information content (AvgIpc) is 2.70. The molecule has 5 heteroatoms. The number of carbonyl (C=O) groups is 1. The van der Waals surface area contributed by atoms with Crippen LogP contribution in [0.15, 0.2) is 18.2 Å². The summed E-state index contributed by atoms with van der Waals surface area (Å²) < 4.78 is 1.07. The van der Waals surface area contributed by atoms with Crippen LogP contribution < -0.4 is 11.1 Å². The zero-order chi connectivity index (χ0) is 14.0. The lowest BCUT2D eigenvalue weighted by Gasteiger charge is -2.21. The van der Waals surface area contributed by atoms with E-state index in [0.29, 0.717) is 11.6 Å². The van der Waals surface area contributed by atoms with E-state index in [9.17, 15) is 4.79 Å². The van der Waals surface area contributed by atoms with Crippen LogP contribution in [-0.4, -0.2) is 16.4 Å². The fourth-order valence-electron chi connectivity index (χ4n) is 1.96. The van der Waals surface area contributed by atoms with E-state index in [4.69, 9.17) is 5.73 Å². The highest BCUT2D eigenvalue weighted by Crippen LogP contribution is 2.27. The molecule has 0 aliphatic rings. The highest BCUT2D eigenvalue weighted by atomic mass is 32.1. The van der Waals surface area contributed by atoms with Crippen molar-refractivity contribution in [3.63, 3.8) is 0 Å². The molecule has 0 aliphatic heterocycles. The molecule has 0 aliphatic carbocycles. The number of benzene rings is 1. The number of fused-ring (bicyclic) bond motifs is 1. The van der Waals surface area contributed by atoms with Crippen molar-refractivity contribution in [3.8, 4) is 0 Å². The first-order chi connectivity index (χ1) is 8.92. The van der Waals surface area contributed by atoms with Crippen molar-refractivity contribution in [2.45, 2.75) is 39.2 Å². The van der Waals surface area contributed by atoms with Gasteiger partial charge in [-0.2, -0.15) is 0 Å². The largest absolute Gasteiger partial charge is 0.318 e. The molecule has 4 nitrogen and oxygen atoms in total. The number of nitrogens with one attached hydrogen (secondary N) is 1. The number of amides is 1. The molecule has 0 bridgehead atoms. The minimum atomic E-state index is -0.845. The summed E-state index contributed by atoms with van der Waals surface area (Å²) >= 11 is 1.48. The second-order valence-electron chi connectivity index (χ2n) is 5.11. The number of carbonyl (C=O) groups excluding carboxylic acids is 1. The molecule has 1 aromatic carbocycles. The number of nitrogens with two attached hydrogens (primary N) is 1. The first-order valence-electron chi connectivity index (χ1n) is 6.40. The average molecular weight is 277 g/mol. The summed E-state index contributed by atoms with van der Waals surface area (Å²) in [6.45, 7) is 5.80. The summed E-state index contributed by atoms with van der Waals surface area (Å²) in [5.41, 5.74) is 7.24. The third-order valence-corrected chi connectivity index (χ3v) is 3.99. The maximum Gasteiger partial charge on any atom is 0.245 e. The Balaban J connectivity index is 2.19. The van der Waals surface area contributed by atoms with E-state index < -0.39 is 5.54 Å². The summed E-state index contributed by atoms with van der Waals surface area (Å²) in [6, 6.07) is 6.04. The van der Waals surface area contributed by atoms with Gasteiger partial charge in [0.2, 0.25) is 5.91 Å². The Morgan fingerprint density at radius 2 is 2.26 bits per heavy atom. The lowest BCUT2D eigenvalue weighted by molar-refractivity contribution is -0.120. The van der Waals surface area contributed by atoms with Gasteiger partial charge in [-0.05, 0) is 38.0 Å². The molecule has 2 rings (SSSR count). The highest BCUT2D eigenvalue weighted by molar-refractivity contribution is 7.22. The van der Waals surface area contributed by atoms with Crippen molar-refractivity contribution < 1.29 is 4.79 Å². The van der Waals surface area contributed by atoms with E-state index in [1.807, 2.05) is 26.0 Å². The summed E-state index contributed by atoms with van der Waals surface area (Å²) in [6.07, 6.45) is 1.53. The van der Waals surface area contributed by atoms with Gasteiger partial charge in [-0.25, -0.2) is 4.98 Å². The Morgan fingerprint density at radius 1 is 1.53 bits per heavy atom. The van der Waals surface area contributed by atoms with Crippen molar-refractivity contribution in [2.75, 3.05) is 5.32 Å². The van der Waals surface area contributed by atoms with Gasteiger partial charge in [0.1, 0.15) is 0 Å². The van der Waals surface area contributed by atoms with E-state index in [-0.39, 0.29) is 5.91 Å². The zero-order valence-corrected chi connectivity index (χ0v) is 12.3. The van der Waals surface area contributed by atoms with E-state index in [2.05, 4.69) is 16.4 Å². The number of aryl methyl sites for hydroxylation is 1. The van der Waals surface area contributed by atoms with Crippen LogP contribution in [0.2, 0.25) is 0 Å². The smallest absolute Gasteiger partial charge is 0.245 e. The number of anilines is 1. The molecule has 0 fully saturated rings. The third-order valence-electron chi connectivity index (χ3n) is 3.05. The quantitative estimate of drug-likeness (QED) is 0.902. The molecule has 0 saturated carbocycles. The second kappa shape index (κ2) is 5.27. The molecule has 1 amide bonds. The summed E-state index contributed by atoms with van der Waals surface area (Å²) in [5.74, 6) is -0.176. The Hall–Kier alpha value is -1.46. The summed E-state index contributed by atoms with van der Waals surface area (Å²) in [5, 5.41) is 3.43. The molecule has 1 atom stereocenters. The molecule has 3 N–H and O–H groups in total. The van der Waals surface area contributed by atoms with Gasteiger partial charge in [0.05, 0.1) is 15.8 Å². The number of hydrogen-bond acceptors (Lipinski definition) is 4. The van der Waals surface area contributed by atoms with Gasteiger partial charge in [-0.15, -0.1) is 0 Å². The maximum absolute atomic E-state index is 12.1. The van der Waals surface area contributed by atoms with E-state index in [1.165, 1.54) is 16.9 Å². The van der Waals surface area contributed by atoms with Gasteiger partial charge in [0.25, 0.3) is 0 Å². The molecule has 2 aromatic rings. The number of nitrogens with zero attached hydrogens (tertiary/aromatic N) is 1. The zero-order valence-electron chi connectivity index (χ0n) is 11.5. The van der Waals surface area contributed by atoms with Crippen molar-refractivity contribution in [3.05, 3.63) is 23.8 Å². The molecule has 102 valence electrons. The first-order valence-corrected chi connectivity index (χ1v) is 7.21. The summed E-state index contributed by atoms with van der Waals surface area (Å²) in [7, 11) is 0. The van der Waals surface area contributed by atoms with Crippen LogP contribution in [0.1, 0.15) is 32.3 Å². The van der Waals surface area contributed by atoms with Crippen LogP contribution >= 0.6 is 11.3 Å². The van der Waals surface area contributed by atoms with Crippen LogP contribution in [0.3, 0.4) is 0 Å². The predicted molar refractivity (Wildman–Crippen MR) is 80.5 cm³/mol. The SMILES string of the molecule is CCCC(C)(N)C(=O)Nc1nc2ccc(C)cc2s1. The van der Waals surface area contributed by atoms with Crippen molar-refractivity contribution in [1.82, 2.24) is 4.98 Å². The number of thiazole rings is 1. The van der Waals surface area contributed by atoms with Crippen LogP contribution in [0.4, 0.5) is 5.13 Å². The van der Waals surface area contributed by atoms with Crippen molar-refractivity contribution in [1.29, 1.82) is 0 Å². The van der Waals surface area contributed by atoms with Crippen LogP contribution in [0, 0.1) is 6.92 Å². The van der Waals surface area contributed by atoms with Gasteiger partial charge < -0.3 is 11.1 Å². The standard InChI is InChI=1S/C14H19N3OS/c1-4-7-14(3,15)12(18)17-13-16-10-6-5-9(2)8-11(10)19-13/h5-6,8H,4,7,15H2,1-3H3,(H,16,17,18). The molecule has 0 saturated heterocycles. The Labute approximate surface area is 117 Å². The van der Waals surface area contributed by atoms with Crippen molar-refractivity contribution in [2.24, 2.45) is 5.73 Å². The molecule has 1 unspecified atom stereocenters. The van der Waals surface area contributed by atoms with Crippen molar-refractivity contribution >= 4 is 32.6 Å². The maximum atomic E-state index is 12.1. The van der Waals surface area contributed by atoms with E-state index >= 15 is 0 Å². The molecular weight excluding hydrogens is 258 g/mol. The Morgan fingerprint density at radius 3 is 2.95 bits per heavy atom. The highest BCUT2D eigenvalue weighted by Gasteiger charge is 2.27. The fraction of sp³-hybridized carbons (Fsp3) is 0.429.